The van der Waals surface area contributed by atoms with E-state index in [0.29, 0.717) is 31.6 Å². The highest BCUT2D eigenvalue weighted by Crippen LogP contribution is 2.27. The van der Waals surface area contributed by atoms with Gasteiger partial charge in [-0.15, -0.1) is 13.2 Å². The van der Waals surface area contributed by atoms with Crippen molar-refractivity contribution in [2.75, 3.05) is 13.2 Å². The lowest BCUT2D eigenvalue weighted by atomic mass is 9.82. The lowest BCUT2D eigenvalue weighted by Gasteiger charge is -2.39. The van der Waals surface area contributed by atoms with E-state index >= 15 is 0 Å². The number of piperidine rings is 1. The number of ketones is 1. The van der Waals surface area contributed by atoms with Crippen LogP contribution in [0.3, 0.4) is 0 Å². The molecule has 2 heterocycles. The van der Waals surface area contributed by atoms with Crippen LogP contribution < -0.4 is 10.1 Å². The molecule has 0 amide bonds. The standard InChI is InChI=1S/C16H18F3NO3/c17-16(18,19)23-14-3-1-2-10(4-14)5-15(21)11-6-12-8-22-9-13(7-11)20-12/h1-4,11-13,20H,5-9H2. The molecule has 2 atom stereocenters. The lowest BCUT2D eigenvalue weighted by Crippen LogP contribution is -2.55. The summed E-state index contributed by atoms with van der Waals surface area (Å²) < 4.78 is 46.1. The summed E-state index contributed by atoms with van der Waals surface area (Å²) in [7, 11) is 0. The fraction of sp³-hybridized carbons (Fsp3) is 0.562. The Balaban J connectivity index is 1.62. The number of Topliss-reactive ketones (excluding diaryl/α,β-unsaturated/α-hetero) is 1. The van der Waals surface area contributed by atoms with E-state index in [1.807, 2.05) is 0 Å². The number of nitrogens with one attached hydrogen (secondary N) is 1. The van der Waals surface area contributed by atoms with Gasteiger partial charge in [0, 0.05) is 24.4 Å². The maximum absolute atomic E-state index is 12.5. The fourth-order valence-electron chi connectivity index (χ4n) is 3.30. The van der Waals surface area contributed by atoms with Crippen LogP contribution in [0, 0.1) is 5.92 Å². The molecular formula is C16H18F3NO3. The molecule has 2 saturated heterocycles. The van der Waals surface area contributed by atoms with E-state index in [2.05, 4.69) is 10.1 Å². The zero-order chi connectivity index (χ0) is 16.4. The molecule has 1 aromatic carbocycles. The number of benzene rings is 1. The predicted octanol–water partition coefficient (Wildman–Crippen LogP) is 2.46. The van der Waals surface area contributed by atoms with Crippen molar-refractivity contribution in [1.82, 2.24) is 5.32 Å². The molecule has 1 N–H and O–H groups in total. The van der Waals surface area contributed by atoms with Gasteiger partial charge in [0.05, 0.1) is 13.2 Å². The summed E-state index contributed by atoms with van der Waals surface area (Å²) in [6, 6.07) is 6.00. The first-order valence-electron chi connectivity index (χ1n) is 7.60. The van der Waals surface area contributed by atoms with E-state index < -0.39 is 6.36 Å². The molecule has 0 aromatic heterocycles. The normalized spacial score (nSPS) is 27.5. The van der Waals surface area contributed by atoms with Gasteiger partial charge in [0.25, 0.3) is 0 Å². The number of alkyl halides is 3. The first-order valence-corrected chi connectivity index (χ1v) is 7.60. The molecule has 126 valence electrons. The molecule has 2 aliphatic rings. The molecule has 0 radical (unpaired) electrons. The van der Waals surface area contributed by atoms with Gasteiger partial charge >= 0.3 is 6.36 Å². The zero-order valence-electron chi connectivity index (χ0n) is 12.4. The van der Waals surface area contributed by atoms with Crippen molar-refractivity contribution in [2.45, 2.75) is 37.7 Å². The number of fused-ring (bicyclic) bond motifs is 2. The molecule has 0 saturated carbocycles. The van der Waals surface area contributed by atoms with E-state index in [1.165, 1.54) is 18.2 Å². The van der Waals surface area contributed by atoms with Gasteiger partial charge in [-0.1, -0.05) is 12.1 Å². The van der Waals surface area contributed by atoms with E-state index in [9.17, 15) is 18.0 Å². The third-order valence-electron chi connectivity index (χ3n) is 4.21. The minimum absolute atomic E-state index is 0.0626. The second-order valence-corrected chi connectivity index (χ2v) is 6.10. The topological polar surface area (TPSA) is 47.6 Å². The van der Waals surface area contributed by atoms with Crippen LogP contribution in [0.1, 0.15) is 18.4 Å². The molecule has 3 rings (SSSR count). The number of rotatable bonds is 4. The van der Waals surface area contributed by atoms with Crippen LogP contribution in [-0.2, 0) is 16.0 Å². The van der Waals surface area contributed by atoms with E-state index in [4.69, 9.17) is 4.74 Å². The van der Waals surface area contributed by atoms with E-state index in [1.54, 1.807) is 6.07 Å². The maximum Gasteiger partial charge on any atom is 0.573 e. The van der Waals surface area contributed by atoms with Crippen LogP contribution in [0.2, 0.25) is 0 Å². The summed E-state index contributed by atoms with van der Waals surface area (Å²) in [4.78, 5) is 12.5. The number of carbonyl (C=O) groups is 1. The van der Waals surface area contributed by atoms with Gasteiger partial charge in [-0.25, -0.2) is 0 Å². The Bertz CT molecular complexity index is 564. The molecule has 23 heavy (non-hydrogen) atoms. The number of ether oxygens (including phenoxy) is 2. The molecule has 0 aliphatic carbocycles. The summed E-state index contributed by atoms with van der Waals surface area (Å²) in [5.74, 6) is -0.298. The van der Waals surface area contributed by atoms with Crippen LogP contribution in [0.25, 0.3) is 0 Å². The molecule has 2 fully saturated rings. The van der Waals surface area contributed by atoms with Crippen LogP contribution in [-0.4, -0.2) is 37.4 Å². The minimum atomic E-state index is -4.73. The average Bonchev–Trinajstić information content (AvgIpc) is 2.45. The van der Waals surface area contributed by atoms with Crippen LogP contribution in [0.15, 0.2) is 24.3 Å². The molecular weight excluding hydrogens is 311 g/mol. The van der Waals surface area contributed by atoms with Crippen molar-refractivity contribution >= 4 is 5.78 Å². The van der Waals surface area contributed by atoms with Crippen molar-refractivity contribution in [1.29, 1.82) is 0 Å². The zero-order valence-corrected chi connectivity index (χ0v) is 12.4. The Kier molecular flexibility index (Phi) is 4.59. The molecule has 2 bridgehead atoms. The van der Waals surface area contributed by atoms with Crippen molar-refractivity contribution in [3.05, 3.63) is 29.8 Å². The fourth-order valence-corrected chi connectivity index (χ4v) is 3.30. The number of halogens is 3. The smallest absolute Gasteiger partial charge is 0.406 e. The lowest BCUT2D eigenvalue weighted by molar-refractivity contribution is -0.274. The Morgan fingerprint density at radius 1 is 1.26 bits per heavy atom. The predicted molar refractivity (Wildman–Crippen MR) is 76.1 cm³/mol. The molecule has 0 spiro atoms. The minimum Gasteiger partial charge on any atom is -0.406 e. The number of morpholine rings is 1. The van der Waals surface area contributed by atoms with Gasteiger partial charge in [0.2, 0.25) is 0 Å². The number of hydrogen-bond donors (Lipinski definition) is 1. The van der Waals surface area contributed by atoms with Crippen molar-refractivity contribution < 1.29 is 27.4 Å². The summed E-state index contributed by atoms with van der Waals surface area (Å²) in [5.41, 5.74) is 0.539. The highest BCUT2D eigenvalue weighted by molar-refractivity contribution is 5.83. The maximum atomic E-state index is 12.5. The quantitative estimate of drug-likeness (QED) is 0.922. The first-order chi connectivity index (χ1) is 10.9. The third-order valence-corrected chi connectivity index (χ3v) is 4.21. The van der Waals surface area contributed by atoms with Crippen LogP contribution >= 0.6 is 0 Å². The summed E-state index contributed by atoms with van der Waals surface area (Å²) >= 11 is 0. The Labute approximate surface area is 132 Å². The number of carbonyl (C=O) groups excluding carboxylic acids is 1. The van der Waals surface area contributed by atoms with E-state index in [0.717, 1.165) is 0 Å². The van der Waals surface area contributed by atoms with Crippen molar-refractivity contribution in [2.24, 2.45) is 5.92 Å². The molecule has 2 aliphatic heterocycles. The monoisotopic (exact) mass is 329 g/mol. The molecule has 4 nitrogen and oxygen atoms in total. The van der Waals surface area contributed by atoms with Gasteiger partial charge in [-0.3, -0.25) is 4.79 Å². The number of hydrogen-bond acceptors (Lipinski definition) is 4. The van der Waals surface area contributed by atoms with E-state index in [-0.39, 0.29) is 36.0 Å². The summed E-state index contributed by atoms with van der Waals surface area (Å²) in [6.07, 6.45) is -3.17. The highest BCUT2D eigenvalue weighted by atomic mass is 19.4. The SMILES string of the molecule is O=C(Cc1cccc(OC(F)(F)F)c1)C1CC2COCC(C1)N2. The second-order valence-electron chi connectivity index (χ2n) is 6.10. The summed E-state index contributed by atoms with van der Waals surface area (Å²) in [5, 5.41) is 3.41. The molecule has 1 aromatic rings. The summed E-state index contributed by atoms with van der Waals surface area (Å²) in [6.45, 7) is 1.21. The van der Waals surface area contributed by atoms with Gasteiger partial charge < -0.3 is 14.8 Å². The Morgan fingerprint density at radius 3 is 2.61 bits per heavy atom. The Morgan fingerprint density at radius 2 is 1.96 bits per heavy atom. The highest BCUT2D eigenvalue weighted by Gasteiger charge is 2.35. The third kappa shape index (κ3) is 4.45. The second kappa shape index (κ2) is 6.49. The first kappa shape index (κ1) is 16.3. The molecule has 2 unspecified atom stereocenters. The van der Waals surface area contributed by atoms with Crippen LogP contribution in [0.4, 0.5) is 13.2 Å². The average molecular weight is 329 g/mol. The largest absolute Gasteiger partial charge is 0.573 e. The van der Waals surface area contributed by atoms with Crippen LogP contribution in [0.5, 0.6) is 5.75 Å². The van der Waals surface area contributed by atoms with Gasteiger partial charge in [-0.05, 0) is 30.5 Å². The van der Waals surface area contributed by atoms with Gasteiger partial charge in [0.1, 0.15) is 11.5 Å². The van der Waals surface area contributed by atoms with Gasteiger partial charge in [-0.2, -0.15) is 0 Å². The van der Waals surface area contributed by atoms with Gasteiger partial charge in [0.15, 0.2) is 0 Å². The van der Waals surface area contributed by atoms with Crippen molar-refractivity contribution in [3.8, 4) is 5.75 Å². The van der Waals surface area contributed by atoms with Crippen molar-refractivity contribution in [3.63, 3.8) is 0 Å². The molecule has 7 heteroatoms. The Hall–Kier alpha value is -1.60.